The van der Waals surface area contributed by atoms with E-state index in [-0.39, 0.29) is 23.0 Å². The molecule has 4 N–H and O–H groups in total. The molecule has 7 aromatic rings. The molecule has 10 heteroatoms. The number of primary sulfonamides is 1. The number of aromatic nitrogens is 2. The molecule has 0 saturated carbocycles. The fraction of sp³-hybridized carbons (Fsp3) is 0.150. The molecule has 0 spiro atoms. The lowest BCUT2D eigenvalue weighted by molar-refractivity contribution is 0.561. The van der Waals surface area contributed by atoms with Crippen molar-refractivity contribution in [1.82, 2.24) is 9.55 Å². The Labute approximate surface area is 294 Å². The molecule has 1 atom stereocenters. The van der Waals surface area contributed by atoms with Gasteiger partial charge in [-0.1, -0.05) is 66.2 Å². The SMILES string of the molecule is Cc1nc2ccc(N(c3ccc(S(N)(=O)=O)cc3)C3CCCc4c3ccc3c4ccc4c(Cl)cccc43)cc2c(=O)n1-c1ccccc1CN. The van der Waals surface area contributed by atoms with Gasteiger partial charge < -0.3 is 10.6 Å². The molecule has 1 unspecified atom stereocenters. The van der Waals surface area contributed by atoms with Gasteiger partial charge >= 0.3 is 0 Å². The first-order valence-corrected chi connectivity index (χ1v) is 18.4. The quantitative estimate of drug-likeness (QED) is 0.170. The minimum atomic E-state index is -3.89. The number of hydrogen-bond donors (Lipinski definition) is 2. The summed E-state index contributed by atoms with van der Waals surface area (Å²) < 4.78 is 26.0. The molecule has 1 aliphatic rings. The Balaban J connectivity index is 1.34. The van der Waals surface area contributed by atoms with Gasteiger partial charge in [0.25, 0.3) is 5.56 Å². The van der Waals surface area contributed by atoms with E-state index in [1.807, 2.05) is 61.5 Å². The molecule has 250 valence electrons. The van der Waals surface area contributed by atoms with Crippen molar-refractivity contribution in [2.24, 2.45) is 10.9 Å². The number of halogens is 1. The second kappa shape index (κ2) is 12.4. The molecule has 6 aromatic carbocycles. The van der Waals surface area contributed by atoms with Crippen molar-refractivity contribution in [2.45, 2.75) is 43.7 Å². The molecular formula is C40H34ClN5O3S. The molecular weight excluding hydrogens is 666 g/mol. The largest absolute Gasteiger partial charge is 0.334 e. The van der Waals surface area contributed by atoms with Crippen LogP contribution in [0.15, 0.2) is 119 Å². The zero-order valence-electron chi connectivity index (χ0n) is 27.3. The molecule has 0 bridgehead atoms. The van der Waals surface area contributed by atoms with Crippen LogP contribution in [0.3, 0.4) is 0 Å². The van der Waals surface area contributed by atoms with Gasteiger partial charge in [-0.05, 0) is 114 Å². The molecule has 1 heterocycles. The highest BCUT2D eigenvalue weighted by molar-refractivity contribution is 7.89. The highest BCUT2D eigenvalue weighted by Gasteiger charge is 2.30. The van der Waals surface area contributed by atoms with E-state index in [0.717, 1.165) is 57.4 Å². The Morgan fingerprint density at radius 1 is 0.840 bits per heavy atom. The van der Waals surface area contributed by atoms with Crippen molar-refractivity contribution in [3.8, 4) is 5.69 Å². The van der Waals surface area contributed by atoms with E-state index in [2.05, 4.69) is 35.2 Å². The first-order chi connectivity index (χ1) is 24.1. The highest BCUT2D eigenvalue weighted by Crippen LogP contribution is 2.45. The number of anilines is 2. The molecule has 50 heavy (non-hydrogen) atoms. The van der Waals surface area contributed by atoms with E-state index in [0.29, 0.717) is 22.4 Å². The summed E-state index contributed by atoms with van der Waals surface area (Å²) in [7, 11) is -3.89. The number of fused-ring (bicyclic) bond motifs is 6. The topological polar surface area (TPSA) is 124 Å². The van der Waals surface area contributed by atoms with Crippen molar-refractivity contribution in [2.75, 3.05) is 4.90 Å². The molecule has 1 aliphatic carbocycles. The van der Waals surface area contributed by atoms with Crippen molar-refractivity contribution < 1.29 is 8.42 Å². The summed E-state index contributed by atoms with van der Waals surface area (Å²) in [5, 5.41) is 11.1. The first-order valence-electron chi connectivity index (χ1n) is 16.5. The number of rotatable bonds is 6. The Morgan fingerprint density at radius 3 is 2.34 bits per heavy atom. The van der Waals surface area contributed by atoms with Gasteiger partial charge in [-0.15, -0.1) is 0 Å². The van der Waals surface area contributed by atoms with Crippen LogP contribution in [-0.4, -0.2) is 18.0 Å². The molecule has 0 amide bonds. The van der Waals surface area contributed by atoms with E-state index in [9.17, 15) is 13.2 Å². The average molecular weight is 700 g/mol. The predicted molar refractivity (Wildman–Crippen MR) is 202 cm³/mol. The molecule has 0 radical (unpaired) electrons. The molecule has 0 saturated heterocycles. The first kappa shape index (κ1) is 32.2. The number of para-hydroxylation sites is 1. The zero-order chi connectivity index (χ0) is 34.7. The fourth-order valence-corrected chi connectivity index (χ4v) is 8.38. The number of aryl methyl sites for hydroxylation is 2. The Bertz CT molecular complexity index is 2660. The van der Waals surface area contributed by atoms with Gasteiger partial charge in [0, 0.05) is 28.3 Å². The summed E-state index contributed by atoms with van der Waals surface area (Å²) in [6, 6.07) is 34.5. The number of nitrogens with two attached hydrogens (primary N) is 2. The van der Waals surface area contributed by atoms with Gasteiger partial charge in [0.05, 0.1) is 27.5 Å². The summed E-state index contributed by atoms with van der Waals surface area (Å²) >= 11 is 6.58. The third-order valence-electron chi connectivity index (χ3n) is 9.92. The van der Waals surface area contributed by atoms with Crippen LogP contribution in [0.2, 0.25) is 5.02 Å². The Kier molecular flexibility index (Phi) is 7.95. The van der Waals surface area contributed by atoms with Crippen LogP contribution in [0.25, 0.3) is 38.1 Å². The minimum Gasteiger partial charge on any atom is -0.334 e. The van der Waals surface area contributed by atoms with Gasteiger partial charge in [-0.3, -0.25) is 9.36 Å². The van der Waals surface area contributed by atoms with Crippen molar-refractivity contribution in [1.29, 1.82) is 0 Å². The van der Waals surface area contributed by atoms with E-state index in [1.165, 1.54) is 28.6 Å². The van der Waals surface area contributed by atoms with Crippen LogP contribution in [0, 0.1) is 6.92 Å². The normalized spacial score (nSPS) is 14.7. The van der Waals surface area contributed by atoms with Gasteiger partial charge in [0.2, 0.25) is 10.0 Å². The summed E-state index contributed by atoms with van der Waals surface area (Å²) in [6.45, 7) is 2.10. The third-order valence-corrected chi connectivity index (χ3v) is 11.2. The fourth-order valence-electron chi connectivity index (χ4n) is 7.63. The van der Waals surface area contributed by atoms with E-state index in [1.54, 1.807) is 16.7 Å². The monoisotopic (exact) mass is 699 g/mol. The highest BCUT2D eigenvalue weighted by atomic mass is 35.5. The Hall–Kier alpha value is -5.06. The van der Waals surface area contributed by atoms with Crippen molar-refractivity contribution in [3.05, 3.63) is 147 Å². The van der Waals surface area contributed by atoms with Crippen molar-refractivity contribution in [3.63, 3.8) is 0 Å². The van der Waals surface area contributed by atoms with Gasteiger partial charge in [0.15, 0.2) is 0 Å². The van der Waals surface area contributed by atoms with Crippen LogP contribution in [0.5, 0.6) is 0 Å². The lowest BCUT2D eigenvalue weighted by atomic mass is 9.82. The maximum Gasteiger partial charge on any atom is 0.266 e. The predicted octanol–water partition coefficient (Wildman–Crippen LogP) is 7.98. The van der Waals surface area contributed by atoms with Gasteiger partial charge in [-0.25, -0.2) is 18.5 Å². The average Bonchev–Trinajstić information content (AvgIpc) is 3.12. The summed E-state index contributed by atoms with van der Waals surface area (Å²) in [5.41, 5.74) is 12.0. The van der Waals surface area contributed by atoms with Crippen LogP contribution in [0.1, 0.15) is 41.4 Å². The van der Waals surface area contributed by atoms with Crippen LogP contribution in [-0.2, 0) is 23.0 Å². The number of nitrogens with zero attached hydrogens (tertiary/aromatic N) is 3. The molecule has 8 rings (SSSR count). The summed E-state index contributed by atoms with van der Waals surface area (Å²) in [5.74, 6) is 0.563. The van der Waals surface area contributed by atoms with E-state index >= 15 is 0 Å². The zero-order valence-corrected chi connectivity index (χ0v) is 28.9. The third kappa shape index (κ3) is 5.34. The maximum absolute atomic E-state index is 14.3. The lowest BCUT2D eigenvalue weighted by Gasteiger charge is -2.38. The maximum atomic E-state index is 14.3. The Morgan fingerprint density at radius 2 is 1.56 bits per heavy atom. The molecule has 0 fully saturated rings. The smallest absolute Gasteiger partial charge is 0.266 e. The van der Waals surface area contributed by atoms with Crippen LogP contribution in [0.4, 0.5) is 11.4 Å². The second-order valence-corrected chi connectivity index (χ2v) is 14.7. The van der Waals surface area contributed by atoms with Crippen LogP contribution >= 0.6 is 11.6 Å². The van der Waals surface area contributed by atoms with E-state index < -0.39 is 10.0 Å². The number of hydrogen-bond acceptors (Lipinski definition) is 6. The molecule has 1 aromatic heterocycles. The summed E-state index contributed by atoms with van der Waals surface area (Å²) in [4.78, 5) is 21.4. The second-order valence-electron chi connectivity index (χ2n) is 12.8. The summed E-state index contributed by atoms with van der Waals surface area (Å²) in [6.07, 6.45) is 2.69. The van der Waals surface area contributed by atoms with Crippen LogP contribution < -0.4 is 21.3 Å². The van der Waals surface area contributed by atoms with Crippen molar-refractivity contribution >= 4 is 65.4 Å². The van der Waals surface area contributed by atoms with E-state index in [4.69, 9.17) is 27.5 Å². The lowest BCUT2D eigenvalue weighted by Crippen LogP contribution is -2.28. The van der Waals surface area contributed by atoms with Gasteiger partial charge in [0.1, 0.15) is 5.82 Å². The molecule has 0 aliphatic heterocycles. The number of benzene rings is 6. The standard InChI is InChI=1S/C40H34ClN5O3S/c1-24-44-37-21-14-27(22-35(37)40(47)45(24)38-10-3-2-6-25(38)23-42)46(26-12-15-28(16-13-26)50(43,48)49)39-11-5-8-30-32-17-19-33-29(7-4-9-36(33)41)31(32)18-20-34(30)39/h2-4,6-7,9-10,12-22,39H,5,8,11,23,42H2,1H3,(H2,43,48,49). The van der Waals surface area contributed by atoms with Gasteiger partial charge in [-0.2, -0.15) is 0 Å². The number of sulfonamides is 1. The molecule has 8 nitrogen and oxygen atoms in total. The minimum absolute atomic E-state index is 0.0291.